The maximum Gasteiger partial charge on any atom is 0.310 e. The summed E-state index contributed by atoms with van der Waals surface area (Å²) in [5.41, 5.74) is 1.80. The minimum atomic E-state index is -0.984. The number of benzene rings is 2. The van der Waals surface area contributed by atoms with Gasteiger partial charge in [0.1, 0.15) is 0 Å². The topological polar surface area (TPSA) is 63.6 Å². The Bertz CT molecular complexity index is 782. The van der Waals surface area contributed by atoms with Gasteiger partial charge in [0, 0.05) is 11.8 Å². The van der Waals surface area contributed by atoms with Crippen molar-refractivity contribution in [2.75, 3.05) is 6.61 Å². The van der Waals surface area contributed by atoms with Crippen molar-refractivity contribution in [2.24, 2.45) is 11.8 Å². The van der Waals surface area contributed by atoms with Gasteiger partial charge in [-0.25, -0.2) is 0 Å². The van der Waals surface area contributed by atoms with Gasteiger partial charge >= 0.3 is 11.9 Å². The number of allylic oxidation sites excluding steroid dienone is 2. The second-order valence-electron chi connectivity index (χ2n) is 6.40. The van der Waals surface area contributed by atoms with Crippen LogP contribution in [0, 0.1) is 11.8 Å². The standard InChI is InChI=1S/C22H22O4/c1-2-26-22(25)20-18(16-11-7-4-8-12-16)14-13-17(19(20)21(23)24)15-9-5-3-6-10-15/h3-14,17-20H,2H2,1H3,(H,23,24)/t17-,18-,19-,20+/m0/s1. The number of carboxylic acids is 1. The molecule has 4 heteroatoms. The smallest absolute Gasteiger partial charge is 0.310 e. The number of carbonyl (C=O) groups excluding carboxylic acids is 1. The number of ether oxygens (including phenoxy) is 1. The van der Waals surface area contributed by atoms with E-state index in [1.54, 1.807) is 6.92 Å². The molecule has 2 aromatic rings. The summed E-state index contributed by atoms with van der Waals surface area (Å²) in [7, 11) is 0. The van der Waals surface area contributed by atoms with Crippen molar-refractivity contribution in [1.29, 1.82) is 0 Å². The quantitative estimate of drug-likeness (QED) is 0.654. The van der Waals surface area contributed by atoms with Crippen LogP contribution < -0.4 is 0 Å². The molecule has 0 bridgehead atoms. The molecule has 2 aromatic carbocycles. The zero-order chi connectivity index (χ0) is 18.5. The van der Waals surface area contributed by atoms with Gasteiger partial charge in [-0.2, -0.15) is 0 Å². The molecule has 0 aliphatic heterocycles. The Labute approximate surface area is 153 Å². The average Bonchev–Trinajstić information content (AvgIpc) is 2.68. The van der Waals surface area contributed by atoms with Gasteiger partial charge in [0.15, 0.2) is 0 Å². The minimum absolute atomic E-state index is 0.225. The van der Waals surface area contributed by atoms with Crippen LogP contribution in [0.25, 0.3) is 0 Å². The van der Waals surface area contributed by atoms with Gasteiger partial charge in [-0.1, -0.05) is 72.8 Å². The molecule has 0 unspecified atom stereocenters. The zero-order valence-corrected chi connectivity index (χ0v) is 14.6. The number of hydrogen-bond donors (Lipinski definition) is 1. The van der Waals surface area contributed by atoms with Crippen molar-refractivity contribution < 1.29 is 19.4 Å². The van der Waals surface area contributed by atoms with Crippen LogP contribution >= 0.6 is 0 Å². The highest BCUT2D eigenvalue weighted by molar-refractivity contribution is 5.84. The van der Waals surface area contributed by atoms with Gasteiger partial charge in [-0.15, -0.1) is 0 Å². The molecule has 1 aliphatic carbocycles. The van der Waals surface area contributed by atoms with E-state index in [4.69, 9.17) is 4.74 Å². The third-order valence-electron chi connectivity index (χ3n) is 4.90. The molecule has 0 spiro atoms. The molecule has 0 radical (unpaired) electrons. The molecule has 0 amide bonds. The van der Waals surface area contributed by atoms with Crippen LogP contribution in [0.2, 0.25) is 0 Å². The lowest BCUT2D eigenvalue weighted by molar-refractivity contribution is -0.159. The molecule has 0 fully saturated rings. The third kappa shape index (κ3) is 3.54. The van der Waals surface area contributed by atoms with Crippen LogP contribution in [0.4, 0.5) is 0 Å². The third-order valence-corrected chi connectivity index (χ3v) is 4.90. The van der Waals surface area contributed by atoms with Crippen molar-refractivity contribution in [3.05, 3.63) is 83.9 Å². The van der Waals surface area contributed by atoms with E-state index in [0.29, 0.717) is 0 Å². The molecule has 0 heterocycles. The van der Waals surface area contributed by atoms with Crippen LogP contribution in [0.15, 0.2) is 72.8 Å². The predicted octanol–water partition coefficient (Wildman–Crippen LogP) is 4.00. The molecular weight excluding hydrogens is 328 g/mol. The summed E-state index contributed by atoms with van der Waals surface area (Å²) in [5.74, 6) is -3.79. The van der Waals surface area contributed by atoms with E-state index in [9.17, 15) is 14.7 Å². The summed E-state index contributed by atoms with van der Waals surface area (Å²) in [6.07, 6.45) is 3.87. The Morgan fingerprint density at radius 1 is 0.846 bits per heavy atom. The highest BCUT2D eigenvalue weighted by Gasteiger charge is 2.46. The lowest BCUT2D eigenvalue weighted by Gasteiger charge is -2.36. The molecule has 0 saturated carbocycles. The number of carboxylic acid groups (broad SMARTS) is 1. The first kappa shape index (κ1) is 17.9. The van der Waals surface area contributed by atoms with Gasteiger partial charge in [-0.05, 0) is 18.1 Å². The van der Waals surface area contributed by atoms with E-state index in [0.717, 1.165) is 11.1 Å². The largest absolute Gasteiger partial charge is 0.481 e. The van der Waals surface area contributed by atoms with Gasteiger partial charge in [0.2, 0.25) is 0 Å². The highest BCUT2D eigenvalue weighted by atomic mass is 16.5. The monoisotopic (exact) mass is 350 g/mol. The van der Waals surface area contributed by atoms with Crippen molar-refractivity contribution >= 4 is 11.9 Å². The average molecular weight is 350 g/mol. The predicted molar refractivity (Wildman–Crippen MR) is 98.8 cm³/mol. The van der Waals surface area contributed by atoms with E-state index in [1.165, 1.54) is 0 Å². The number of carbonyl (C=O) groups is 2. The maximum atomic E-state index is 12.8. The Hall–Kier alpha value is -2.88. The second-order valence-corrected chi connectivity index (χ2v) is 6.40. The molecule has 0 aromatic heterocycles. The fourth-order valence-corrected chi connectivity index (χ4v) is 3.75. The Balaban J connectivity index is 2.09. The highest BCUT2D eigenvalue weighted by Crippen LogP contribution is 2.45. The van der Waals surface area contributed by atoms with Crippen LogP contribution in [0.3, 0.4) is 0 Å². The van der Waals surface area contributed by atoms with Crippen LogP contribution in [-0.4, -0.2) is 23.7 Å². The number of rotatable bonds is 5. The lowest BCUT2D eigenvalue weighted by Crippen LogP contribution is -2.40. The van der Waals surface area contributed by atoms with Crippen LogP contribution in [-0.2, 0) is 14.3 Å². The first-order chi connectivity index (χ1) is 12.6. The van der Waals surface area contributed by atoms with Crippen molar-refractivity contribution in [1.82, 2.24) is 0 Å². The van der Waals surface area contributed by atoms with Crippen LogP contribution in [0.1, 0.15) is 29.9 Å². The molecule has 0 saturated heterocycles. The lowest BCUT2D eigenvalue weighted by atomic mass is 9.66. The van der Waals surface area contributed by atoms with Crippen molar-refractivity contribution in [2.45, 2.75) is 18.8 Å². The SMILES string of the molecule is CCOC(=O)[C@H]1[C@@H](C(=O)O)[C@H](c2ccccc2)C=C[C@H]1c1ccccc1. The van der Waals surface area contributed by atoms with E-state index in [2.05, 4.69) is 0 Å². The summed E-state index contributed by atoms with van der Waals surface area (Å²) in [6.45, 7) is 1.96. The van der Waals surface area contributed by atoms with Gasteiger partial charge in [-0.3, -0.25) is 9.59 Å². The Kier molecular flexibility index (Phi) is 5.52. The Morgan fingerprint density at radius 3 is 1.73 bits per heavy atom. The van der Waals surface area contributed by atoms with E-state index < -0.39 is 23.8 Å². The molecule has 4 nitrogen and oxygen atoms in total. The van der Waals surface area contributed by atoms with E-state index in [1.807, 2.05) is 72.8 Å². The molecule has 1 N–H and O–H groups in total. The van der Waals surface area contributed by atoms with Crippen molar-refractivity contribution in [3.8, 4) is 0 Å². The van der Waals surface area contributed by atoms with Crippen LogP contribution in [0.5, 0.6) is 0 Å². The Morgan fingerprint density at radius 2 is 1.31 bits per heavy atom. The molecule has 1 aliphatic rings. The minimum Gasteiger partial charge on any atom is -0.481 e. The summed E-state index contributed by atoms with van der Waals surface area (Å²) < 4.78 is 5.26. The molecule has 26 heavy (non-hydrogen) atoms. The summed E-state index contributed by atoms with van der Waals surface area (Å²) in [4.78, 5) is 24.9. The van der Waals surface area contributed by atoms with Gasteiger partial charge in [0.05, 0.1) is 18.4 Å². The van der Waals surface area contributed by atoms with E-state index >= 15 is 0 Å². The van der Waals surface area contributed by atoms with E-state index in [-0.39, 0.29) is 18.4 Å². The number of hydrogen-bond acceptors (Lipinski definition) is 3. The first-order valence-corrected chi connectivity index (χ1v) is 8.81. The molecule has 4 atom stereocenters. The fraction of sp³-hybridized carbons (Fsp3) is 0.273. The second kappa shape index (κ2) is 8.00. The van der Waals surface area contributed by atoms with Crippen molar-refractivity contribution in [3.63, 3.8) is 0 Å². The van der Waals surface area contributed by atoms with Gasteiger partial charge in [0.25, 0.3) is 0 Å². The molecular formula is C22H22O4. The normalized spacial score (nSPS) is 24.8. The number of esters is 1. The summed E-state index contributed by atoms with van der Waals surface area (Å²) >= 11 is 0. The summed E-state index contributed by atoms with van der Waals surface area (Å²) in [6, 6.07) is 19.0. The maximum absolute atomic E-state index is 12.8. The first-order valence-electron chi connectivity index (χ1n) is 8.81. The van der Waals surface area contributed by atoms with Gasteiger partial charge < -0.3 is 9.84 Å². The fourth-order valence-electron chi connectivity index (χ4n) is 3.75. The zero-order valence-electron chi connectivity index (χ0n) is 14.6. The molecule has 3 rings (SSSR count). The molecule has 134 valence electrons. The summed E-state index contributed by atoms with van der Waals surface area (Å²) in [5, 5.41) is 9.98. The number of aliphatic carboxylic acids is 1.